The topological polar surface area (TPSA) is 92.3 Å². The number of sulfonamides is 1. The van der Waals surface area contributed by atoms with Crippen LogP contribution in [0.15, 0.2) is 34.3 Å². The van der Waals surface area contributed by atoms with Gasteiger partial charge in [0.2, 0.25) is 15.9 Å². The number of nitrogens with zero attached hydrogens (tertiary/aromatic N) is 3. The van der Waals surface area contributed by atoms with Gasteiger partial charge >= 0.3 is 0 Å². The largest absolute Gasteiger partial charge is 0.352 e. The second-order valence-corrected chi connectivity index (χ2v) is 10.5. The Morgan fingerprint density at radius 2 is 1.68 bits per heavy atom. The Morgan fingerprint density at radius 3 is 2.26 bits per heavy atom. The first-order valence-corrected chi connectivity index (χ1v) is 13.2. The quantitative estimate of drug-likeness (QED) is 0.478. The van der Waals surface area contributed by atoms with E-state index < -0.39 is 10.0 Å². The normalized spacial score (nSPS) is 15.1. The molecular weight excluding hydrogens is 432 g/mol. The number of aromatic nitrogens is 2. The fourth-order valence-electron chi connectivity index (χ4n) is 3.72. The van der Waals surface area contributed by atoms with Gasteiger partial charge in [-0.3, -0.25) is 4.79 Å². The molecule has 168 valence electrons. The average Bonchev–Trinajstić information content (AvgIpc) is 2.77. The summed E-state index contributed by atoms with van der Waals surface area (Å²) in [6.07, 6.45) is 5.79. The Kier molecular flexibility index (Phi) is 8.07. The standard InChI is InChI=1S/C22H30N4O3S2/c1-16-20(17(2)25-22(24-16)30-3)11-12-21(27)23-15-18-7-9-19(10-8-18)31(28,29)26-13-5-4-6-14-26/h7-10H,4-6,11-15H2,1-3H3,(H,23,27). The maximum Gasteiger partial charge on any atom is 0.243 e. The maximum atomic E-state index is 12.7. The lowest BCUT2D eigenvalue weighted by atomic mass is 10.1. The lowest BCUT2D eigenvalue weighted by molar-refractivity contribution is -0.121. The minimum absolute atomic E-state index is 0.0576. The third kappa shape index (κ3) is 6.05. The molecule has 2 heterocycles. The SMILES string of the molecule is CSc1nc(C)c(CCC(=O)NCc2ccc(S(=O)(=O)N3CCCCC3)cc2)c(C)n1. The molecule has 0 unspecified atom stereocenters. The summed E-state index contributed by atoms with van der Waals surface area (Å²) < 4.78 is 27.0. The van der Waals surface area contributed by atoms with E-state index in [0.29, 0.717) is 37.4 Å². The molecule has 0 bridgehead atoms. The van der Waals surface area contributed by atoms with Crippen LogP contribution in [0.1, 0.15) is 48.2 Å². The molecule has 7 nitrogen and oxygen atoms in total. The zero-order valence-corrected chi connectivity index (χ0v) is 20.0. The van der Waals surface area contributed by atoms with Crippen molar-refractivity contribution in [1.29, 1.82) is 0 Å². The molecule has 1 aromatic heterocycles. The van der Waals surface area contributed by atoms with Gasteiger partial charge in [-0.1, -0.05) is 30.3 Å². The predicted octanol–water partition coefficient (Wildman–Crippen LogP) is 3.24. The van der Waals surface area contributed by atoms with Gasteiger partial charge in [0.1, 0.15) is 0 Å². The summed E-state index contributed by atoms with van der Waals surface area (Å²) in [6, 6.07) is 6.78. The molecule has 1 fully saturated rings. The van der Waals surface area contributed by atoms with Crippen molar-refractivity contribution < 1.29 is 13.2 Å². The third-order valence-electron chi connectivity index (χ3n) is 5.55. The average molecular weight is 463 g/mol. The van der Waals surface area contributed by atoms with Gasteiger partial charge in [0.15, 0.2) is 5.16 Å². The zero-order valence-electron chi connectivity index (χ0n) is 18.3. The van der Waals surface area contributed by atoms with E-state index >= 15 is 0 Å². The number of nitrogens with one attached hydrogen (secondary N) is 1. The fraction of sp³-hybridized carbons (Fsp3) is 0.500. The van der Waals surface area contributed by atoms with Crippen LogP contribution in [0, 0.1) is 13.8 Å². The minimum Gasteiger partial charge on any atom is -0.352 e. The fourth-order valence-corrected chi connectivity index (χ4v) is 5.70. The molecule has 0 atom stereocenters. The Bertz CT molecular complexity index is 995. The summed E-state index contributed by atoms with van der Waals surface area (Å²) in [5, 5.41) is 3.65. The van der Waals surface area contributed by atoms with Gasteiger partial charge in [-0.15, -0.1) is 0 Å². The number of carbonyl (C=O) groups is 1. The number of carbonyl (C=O) groups excluding carboxylic acids is 1. The molecular formula is C22H30N4O3S2. The van der Waals surface area contributed by atoms with Crippen molar-refractivity contribution in [2.24, 2.45) is 0 Å². The van der Waals surface area contributed by atoms with Gasteiger partial charge < -0.3 is 5.32 Å². The highest BCUT2D eigenvalue weighted by molar-refractivity contribution is 7.98. The Morgan fingerprint density at radius 1 is 1.06 bits per heavy atom. The third-order valence-corrected chi connectivity index (χ3v) is 8.01. The van der Waals surface area contributed by atoms with Crippen LogP contribution in [0.25, 0.3) is 0 Å². The van der Waals surface area contributed by atoms with E-state index in [1.165, 1.54) is 11.8 Å². The lowest BCUT2D eigenvalue weighted by Crippen LogP contribution is -2.35. The molecule has 1 N–H and O–H groups in total. The van der Waals surface area contributed by atoms with E-state index in [1.807, 2.05) is 20.1 Å². The van der Waals surface area contributed by atoms with Gasteiger partial charge in [-0.05, 0) is 62.6 Å². The van der Waals surface area contributed by atoms with Crippen LogP contribution < -0.4 is 5.32 Å². The number of hydrogen-bond donors (Lipinski definition) is 1. The van der Waals surface area contributed by atoms with Crippen molar-refractivity contribution in [1.82, 2.24) is 19.6 Å². The van der Waals surface area contributed by atoms with Gasteiger partial charge in [0.25, 0.3) is 0 Å². The second kappa shape index (κ2) is 10.6. The minimum atomic E-state index is -3.43. The van der Waals surface area contributed by atoms with Gasteiger partial charge in [-0.25, -0.2) is 18.4 Å². The Hall–Kier alpha value is -1.97. The number of piperidine rings is 1. The first kappa shape index (κ1) is 23.7. The second-order valence-electron chi connectivity index (χ2n) is 7.75. The van der Waals surface area contributed by atoms with E-state index in [4.69, 9.17) is 0 Å². The van der Waals surface area contributed by atoms with Crippen LogP contribution >= 0.6 is 11.8 Å². The number of aryl methyl sites for hydroxylation is 2. The summed E-state index contributed by atoms with van der Waals surface area (Å²) in [5.74, 6) is -0.0576. The van der Waals surface area contributed by atoms with Crippen molar-refractivity contribution in [3.8, 4) is 0 Å². The van der Waals surface area contributed by atoms with Gasteiger partial charge in [-0.2, -0.15) is 4.31 Å². The monoisotopic (exact) mass is 462 g/mol. The number of benzene rings is 1. The number of thioether (sulfide) groups is 1. The summed E-state index contributed by atoms with van der Waals surface area (Å²) in [4.78, 5) is 21.5. The molecule has 9 heteroatoms. The van der Waals surface area contributed by atoms with Crippen LogP contribution in [0.5, 0.6) is 0 Å². The van der Waals surface area contributed by atoms with Crippen molar-refractivity contribution >= 4 is 27.7 Å². The van der Waals surface area contributed by atoms with Crippen LogP contribution in [-0.4, -0.2) is 47.9 Å². The highest BCUT2D eigenvalue weighted by Crippen LogP contribution is 2.21. The summed E-state index contributed by atoms with van der Waals surface area (Å²) in [7, 11) is -3.43. The van der Waals surface area contributed by atoms with Crippen molar-refractivity contribution in [3.63, 3.8) is 0 Å². The lowest BCUT2D eigenvalue weighted by Gasteiger charge is -2.25. The summed E-state index contributed by atoms with van der Waals surface area (Å²) >= 11 is 1.50. The van der Waals surface area contributed by atoms with E-state index in [1.54, 1.807) is 28.6 Å². The number of amides is 1. The molecule has 1 aliphatic rings. The van der Waals surface area contributed by atoms with Crippen molar-refractivity contribution in [2.75, 3.05) is 19.3 Å². The zero-order chi connectivity index (χ0) is 22.4. The summed E-state index contributed by atoms with van der Waals surface area (Å²) in [5.41, 5.74) is 3.71. The molecule has 1 aliphatic heterocycles. The predicted molar refractivity (Wildman–Crippen MR) is 123 cm³/mol. The summed E-state index contributed by atoms with van der Waals surface area (Å²) in [6.45, 7) is 5.43. The van der Waals surface area contributed by atoms with Crippen molar-refractivity contribution in [3.05, 3.63) is 46.8 Å². The Balaban J connectivity index is 1.53. The highest BCUT2D eigenvalue weighted by Gasteiger charge is 2.25. The molecule has 1 amide bonds. The highest BCUT2D eigenvalue weighted by atomic mass is 32.2. The smallest absolute Gasteiger partial charge is 0.243 e. The molecule has 1 aromatic carbocycles. The first-order chi connectivity index (χ1) is 14.8. The maximum absolute atomic E-state index is 12.7. The van der Waals surface area contributed by atoms with E-state index in [9.17, 15) is 13.2 Å². The van der Waals surface area contributed by atoms with Crippen molar-refractivity contribution in [2.45, 2.75) is 62.5 Å². The van der Waals surface area contributed by atoms with Crippen LogP contribution in [-0.2, 0) is 27.8 Å². The molecule has 0 radical (unpaired) electrons. The van der Waals surface area contributed by atoms with Crippen LogP contribution in [0.3, 0.4) is 0 Å². The first-order valence-electron chi connectivity index (χ1n) is 10.5. The molecule has 3 rings (SSSR count). The molecule has 0 spiro atoms. The molecule has 0 saturated carbocycles. The van der Waals surface area contributed by atoms with Crippen LogP contribution in [0.4, 0.5) is 0 Å². The van der Waals surface area contributed by atoms with Gasteiger partial charge in [0.05, 0.1) is 4.90 Å². The molecule has 2 aromatic rings. The molecule has 1 saturated heterocycles. The van der Waals surface area contributed by atoms with Crippen LogP contribution in [0.2, 0.25) is 0 Å². The molecule has 0 aliphatic carbocycles. The van der Waals surface area contributed by atoms with Gasteiger partial charge in [0, 0.05) is 37.4 Å². The molecule has 31 heavy (non-hydrogen) atoms. The Labute approximate surface area is 189 Å². The van der Waals surface area contributed by atoms with E-state index in [-0.39, 0.29) is 5.91 Å². The van der Waals surface area contributed by atoms with E-state index in [0.717, 1.165) is 46.9 Å². The number of hydrogen-bond acceptors (Lipinski definition) is 6. The van der Waals surface area contributed by atoms with E-state index in [2.05, 4.69) is 15.3 Å². The number of rotatable bonds is 8.